The molecule has 4 rings (SSSR count). The second kappa shape index (κ2) is 9.87. The molecular formula is C27H32N2O5. The van der Waals surface area contributed by atoms with Gasteiger partial charge in [-0.3, -0.25) is 4.79 Å². The monoisotopic (exact) mass is 464 g/mol. The molecule has 0 radical (unpaired) electrons. The number of carbonyl (C=O) groups is 3. The van der Waals surface area contributed by atoms with E-state index in [1.54, 1.807) is 6.92 Å². The third kappa shape index (κ3) is 4.79. The Balaban J connectivity index is 1.43. The summed E-state index contributed by atoms with van der Waals surface area (Å²) in [5.41, 5.74) is 3.28. The van der Waals surface area contributed by atoms with E-state index in [1.165, 1.54) is 0 Å². The number of ether oxygens (including phenoxy) is 1. The van der Waals surface area contributed by atoms with Gasteiger partial charge in [0.25, 0.3) is 0 Å². The molecule has 2 aromatic carbocycles. The molecular weight excluding hydrogens is 432 g/mol. The Bertz CT molecular complexity index is 1030. The van der Waals surface area contributed by atoms with Crippen LogP contribution in [0.4, 0.5) is 4.79 Å². The Morgan fingerprint density at radius 1 is 1.06 bits per heavy atom. The molecule has 3 N–H and O–H groups in total. The van der Waals surface area contributed by atoms with Gasteiger partial charge >= 0.3 is 12.1 Å². The van der Waals surface area contributed by atoms with Crippen molar-refractivity contribution in [2.45, 2.75) is 63.5 Å². The summed E-state index contributed by atoms with van der Waals surface area (Å²) in [6, 6.07) is 15.2. The molecule has 180 valence electrons. The zero-order valence-electron chi connectivity index (χ0n) is 19.7. The highest BCUT2D eigenvalue weighted by molar-refractivity contribution is 5.93. The standard InChI is InChI=1S/C27H32N2O5/c1-3-4-13-23(24(30)31)28-25(32)27(2,17-14-15-17)29-26(33)34-16-22-20-11-7-5-9-18(20)19-10-6-8-12-21(19)22/h5-12,17,22-23H,3-4,13-16H2,1-2H3,(H,28,32)(H,29,33)(H,30,31). The van der Waals surface area contributed by atoms with Crippen LogP contribution in [0.25, 0.3) is 11.1 Å². The Hall–Kier alpha value is -3.35. The first-order valence-electron chi connectivity index (χ1n) is 12.0. The van der Waals surface area contributed by atoms with Gasteiger partial charge in [0.1, 0.15) is 18.2 Å². The highest BCUT2D eigenvalue weighted by atomic mass is 16.5. The number of rotatable bonds is 10. The average molecular weight is 465 g/mol. The van der Waals surface area contributed by atoms with Crippen molar-refractivity contribution < 1.29 is 24.2 Å². The summed E-state index contributed by atoms with van der Waals surface area (Å²) in [7, 11) is 0. The molecule has 2 aliphatic carbocycles. The summed E-state index contributed by atoms with van der Waals surface area (Å²) in [4.78, 5) is 37.5. The fourth-order valence-electron chi connectivity index (χ4n) is 4.83. The topological polar surface area (TPSA) is 105 Å². The van der Waals surface area contributed by atoms with E-state index in [-0.39, 0.29) is 18.4 Å². The van der Waals surface area contributed by atoms with E-state index in [9.17, 15) is 19.5 Å². The zero-order valence-corrected chi connectivity index (χ0v) is 19.7. The first kappa shape index (κ1) is 23.8. The minimum absolute atomic E-state index is 0.0476. The molecule has 1 fully saturated rings. The number of alkyl carbamates (subject to hydrolysis) is 1. The van der Waals surface area contributed by atoms with Crippen molar-refractivity contribution >= 4 is 18.0 Å². The predicted octanol–water partition coefficient (Wildman–Crippen LogP) is 4.45. The van der Waals surface area contributed by atoms with Gasteiger partial charge in [-0.1, -0.05) is 68.3 Å². The van der Waals surface area contributed by atoms with Crippen LogP contribution in [-0.4, -0.2) is 41.3 Å². The number of nitrogens with one attached hydrogen (secondary N) is 2. The summed E-state index contributed by atoms with van der Waals surface area (Å²) in [5, 5.41) is 14.9. The van der Waals surface area contributed by atoms with Crippen molar-refractivity contribution in [3.63, 3.8) is 0 Å². The Morgan fingerprint density at radius 2 is 1.65 bits per heavy atom. The van der Waals surface area contributed by atoms with Crippen LogP contribution >= 0.6 is 0 Å². The molecule has 0 saturated heterocycles. The third-order valence-electron chi connectivity index (χ3n) is 7.02. The fraction of sp³-hybridized carbons (Fsp3) is 0.444. The van der Waals surface area contributed by atoms with Crippen molar-refractivity contribution in [2.75, 3.05) is 6.61 Å². The van der Waals surface area contributed by atoms with Crippen molar-refractivity contribution in [3.8, 4) is 11.1 Å². The van der Waals surface area contributed by atoms with Crippen LogP contribution in [0.5, 0.6) is 0 Å². The molecule has 1 saturated carbocycles. The molecule has 2 amide bonds. The smallest absolute Gasteiger partial charge is 0.408 e. The molecule has 2 aliphatic rings. The van der Waals surface area contributed by atoms with E-state index >= 15 is 0 Å². The van der Waals surface area contributed by atoms with Gasteiger partial charge in [-0.2, -0.15) is 0 Å². The number of hydrogen-bond acceptors (Lipinski definition) is 4. The molecule has 0 bridgehead atoms. The van der Waals surface area contributed by atoms with E-state index in [1.807, 2.05) is 43.3 Å². The minimum Gasteiger partial charge on any atom is -0.480 e. The van der Waals surface area contributed by atoms with Gasteiger partial charge in [0.2, 0.25) is 5.91 Å². The molecule has 0 spiro atoms. The van der Waals surface area contributed by atoms with Crippen molar-refractivity contribution in [2.24, 2.45) is 5.92 Å². The Kier molecular flexibility index (Phi) is 6.91. The van der Waals surface area contributed by atoms with Crippen LogP contribution in [0.3, 0.4) is 0 Å². The number of aliphatic carboxylic acids is 1. The van der Waals surface area contributed by atoms with Crippen LogP contribution in [0, 0.1) is 5.92 Å². The number of hydrogen-bond donors (Lipinski definition) is 3. The van der Waals surface area contributed by atoms with Gasteiger partial charge < -0.3 is 20.5 Å². The van der Waals surface area contributed by atoms with Gasteiger partial charge in [0, 0.05) is 5.92 Å². The maximum absolute atomic E-state index is 13.1. The van der Waals surface area contributed by atoms with E-state index in [0.717, 1.165) is 41.5 Å². The SMILES string of the molecule is CCCCC(NC(=O)C(C)(NC(=O)OCC1c2ccccc2-c2ccccc21)C1CC1)C(=O)O. The molecule has 0 aromatic heterocycles. The Labute approximate surface area is 199 Å². The molecule has 0 aliphatic heterocycles. The normalized spacial score (nSPS) is 17.1. The molecule has 2 aromatic rings. The summed E-state index contributed by atoms with van der Waals surface area (Å²) in [5.74, 6) is -1.67. The van der Waals surface area contributed by atoms with Gasteiger partial charge in [0.05, 0.1) is 0 Å². The van der Waals surface area contributed by atoms with Crippen molar-refractivity contribution in [1.82, 2.24) is 10.6 Å². The summed E-state index contributed by atoms with van der Waals surface area (Å²) < 4.78 is 5.63. The molecule has 7 heteroatoms. The van der Waals surface area contributed by atoms with Crippen LogP contribution in [0.15, 0.2) is 48.5 Å². The van der Waals surface area contributed by atoms with Crippen molar-refractivity contribution in [3.05, 3.63) is 59.7 Å². The molecule has 34 heavy (non-hydrogen) atoms. The van der Waals surface area contributed by atoms with Crippen molar-refractivity contribution in [1.29, 1.82) is 0 Å². The third-order valence-corrected chi connectivity index (χ3v) is 7.02. The van der Waals surface area contributed by atoms with Crippen LogP contribution in [0.1, 0.15) is 63.0 Å². The fourth-order valence-corrected chi connectivity index (χ4v) is 4.83. The average Bonchev–Trinajstić information content (AvgIpc) is 3.64. The Morgan fingerprint density at radius 3 is 2.18 bits per heavy atom. The zero-order chi connectivity index (χ0) is 24.3. The predicted molar refractivity (Wildman–Crippen MR) is 128 cm³/mol. The summed E-state index contributed by atoms with van der Waals surface area (Å²) in [6.07, 6.45) is 2.78. The lowest BCUT2D eigenvalue weighted by molar-refractivity contribution is -0.143. The van der Waals surface area contributed by atoms with Gasteiger partial charge in [-0.15, -0.1) is 0 Å². The number of benzene rings is 2. The number of amides is 2. The van der Waals surface area contributed by atoms with E-state index in [4.69, 9.17) is 4.74 Å². The lowest BCUT2D eigenvalue weighted by Gasteiger charge is -2.31. The number of fused-ring (bicyclic) bond motifs is 3. The second-order valence-electron chi connectivity index (χ2n) is 9.43. The van der Waals surface area contributed by atoms with Crippen LogP contribution < -0.4 is 10.6 Å². The minimum atomic E-state index is -1.22. The van der Waals surface area contributed by atoms with E-state index in [2.05, 4.69) is 22.8 Å². The molecule has 0 heterocycles. The molecule has 2 unspecified atom stereocenters. The van der Waals surface area contributed by atoms with E-state index in [0.29, 0.717) is 12.8 Å². The number of unbranched alkanes of at least 4 members (excludes halogenated alkanes) is 1. The molecule has 2 atom stereocenters. The second-order valence-corrected chi connectivity index (χ2v) is 9.43. The first-order valence-corrected chi connectivity index (χ1v) is 12.0. The maximum atomic E-state index is 13.1. The lowest BCUT2D eigenvalue weighted by Crippen LogP contribution is -2.61. The maximum Gasteiger partial charge on any atom is 0.408 e. The van der Waals surface area contributed by atoms with Gasteiger partial charge in [-0.05, 0) is 54.4 Å². The number of carboxylic acid groups (broad SMARTS) is 1. The number of carbonyl (C=O) groups excluding carboxylic acids is 2. The number of carboxylic acids is 1. The van der Waals surface area contributed by atoms with E-state index < -0.39 is 29.6 Å². The van der Waals surface area contributed by atoms with Gasteiger partial charge in [-0.25, -0.2) is 9.59 Å². The van der Waals surface area contributed by atoms with Crippen LogP contribution in [-0.2, 0) is 14.3 Å². The lowest BCUT2D eigenvalue weighted by atomic mass is 9.94. The van der Waals surface area contributed by atoms with Crippen LogP contribution in [0.2, 0.25) is 0 Å². The summed E-state index contributed by atoms with van der Waals surface area (Å²) >= 11 is 0. The van der Waals surface area contributed by atoms with Gasteiger partial charge in [0.15, 0.2) is 0 Å². The largest absolute Gasteiger partial charge is 0.480 e. The highest BCUT2D eigenvalue weighted by Gasteiger charge is 2.49. The quantitative estimate of drug-likeness (QED) is 0.482. The highest BCUT2D eigenvalue weighted by Crippen LogP contribution is 2.44. The summed E-state index contributed by atoms with van der Waals surface area (Å²) in [6.45, 7) is 3.77. The first-order chi connectivity index (χ1) is 16.3. The molecule has 7 nitrogen and oxygen atoms in total.